The lowest BCUT2D eigenvalue weighted by atomic mass is 10.1. The third-order valence-corrected chi connectivity index (χ3v) is 3.62. The molecule has 1 fully saturated rings. The fourth-order valence-corrected chi connectivity index (χ4v) is 2.20. The average Bonchev–Trinajstić information content (AvgIpc) is 3.30. The Morgan fingerprint density at radius 1 is 1.25 bits per heavy atom. The van der Waals surface area contributed by atoms with Crippen molar-refractivity contribution >= 4 is 35.8 Å². The normalized spacial score (nSPS) is 14.6. The van der Waals surface area contributed by atoms with Crippen LogP contribution in [0.3, 0.4) is 0 Å². The van der Waals surface area contributed by atoms with Gasteiger partial charge in [-0.3, -0.25) is 9.79 Å². The van der Waals surface area contributed by atoms with Gasteiger partial charge >= 0.3 is 0 Å². The number of carbonyl (C=O) groups excluding carboxylic acids is 1. The first-order chi connectivity index (χ1) is 10.9. The topological polar surface area (TPSA) is 65.5 Å². The highest BCUT2D eigenvalue weighted by molar-refractivity contribution is 14.0. The van der Waals surface area contributed by atoms with E-state index in [1.807, 2.05) is 45.0 Å². The van der Waals surface area contributed by atoms with Crippen LogP contribution < -0.4 is 16.0 Å². The van der Waals surface area contributed by atoms with Crippen molar-refractivity contribution in [1.29, 1.82) is 0 Å². The summed E-state index contributed by atoms with van der Waals surface area (Å²) in [7, 11) is 1.77. The second kappa shape index (κ2) is 9.25. The monoisotopic (exact) mass is 444 g/mol. The van der Waals surface area contributed by atoms with E-state index in [4.69, 9.17) is 0 Å². The zero-order chi connectivity index (χ0) is 16.9. The molecule has 0 spiro atoms. The molecule has 2 rings (SSSR count). The first-order valence-corrected chi connectivity index (χ1v) is 8.23. The summed E-state index contributed by atoms with van der Waals surface area (Å²) in [6.07, 6.45) is 2.63. The number of aliphatic imine (C=N–C) groups is 1. The highest BCUT2D eigenvalue weighted by atomic mass is 127. The molecule has 0 radical (unpaired) electrons. The maximum absolute atomic E-state index is 12.2. The van der Waals surface area contributed by atoms with Crippen molar-refractivity contribution in [3.05, 3.63) is 35.4 Å². The Balaban J connectivity index is 0.00000288. The number of nitrogens with zero attached hydrogens (tertiary/aromatic N) is 1. The van der Waals surface area contributed by atoms with E-state index >= 15 is 0 Å². The summed E-state index contributed by atoms with van der Waals surface area (Å²) in [6, 6.07) is 7.68. The Hall–Kier alpha value is -1.31. The quantitative estimate of drug-likeness (QED) is 0.372. The molecule has 5 nitrogen and oxygen atoms in total. The maximum atomic E-state index is 12.2. The molecule has 1 saturated carbocycles. The second-order valence-electron chi connectivity index (χ2n) is 7.15. The Morgan fingerprint density at radius 2 is 1.96 bits per heavy atom. The Kier molecular flexibility index (Phi) is 7.99. The molecule has 0 atom stereocenters. The first-order valence-electron chi connectivity index (χ1n) is 8.23. The summed E-state index contributed by atoms with van der Waals surface area (Å²) in [5.74, 6) is 1.56. The fourth-order valence-electron chi connectivity index (χ4n) is 2.20. The molecule has 1 amide bonds. The molecule has 1 aliphatic rings. The smallest absolute Gasteiger partial charge is 0.251 e. The zero-order valence-electron chi connectivity index (χ0n) is 15.0. The third kappa shape index (κ3) is 7.51. The number of amides is 1. The summed E-state index contributed by atoms with van der Waals surface area (Å²) in [5.41, 5.74) is 1.50. The van der Waals surface area contributed by atoms with Crippen LogP contribution >= 0.6 is 24.0 Å². The molecular weight excluding hydrogens is 415 g/mol. The van der Waals surface area contributed by atoms with Crippen molar-refractivity contribution in [2.24, 2.45) is 10.9 Å². The molecule has 1 aliphatic carbocycles. The molecule has 1 aromatic carbocycles. The summed E-state index contributed by atoms with van der Waals surface area (Å²) >= 11 is 0. The predicted octanol–water partition coefficient (Wildman–Crippen LogP) is 2.91. The number of nitrogens with one attached hydrogen (secondary N) is 3. The van der Waals surface area contributed by atoms with Crippen molar-refractivity contribution < 1.29 is 4.79 Å². The van der Waals surface area contributed by atoms with Crippen molar-refractivity contribution in [3.8, 4) is 0 Å². The number of hydrogen-bond acceptors (Lipinski definition) is 2. The summed E-state index contributed by atoms with van der Waals surface area (Å²) in [5, 5.41) is 9.60. The number of benzene rings is 1. The van der Waals surface area contributed by atoms with Gasteiger partial charge in [0.05, 0.1) is 0 Å². The average molecular weight is 444 g/mol. The van der Waals surface area contributed by atoms with Crippen LogP contribution in [0.15, 0.2) is 29.3 Å². The number of carbonyl (C=O) groups is 1. The van der Waals surface area contributed by atoms with Crippen LogP contribution in [0.4, 0.5) is 0 Å². The zero-order valence-corrected chi connectivity index (χ0v) is 17.3. The van der Waals surface area contributed by atoms with E-state index in [0.29, 0.717) is 12.1 Å². The minimum atomic E-state index is -0.236. The van der Waals surface area contributed by atoms with Gasteiger partial charge in [-0.2, -0.15) is 0 Å². The summed E-state index contributed by atoms with van der Waals surface area (Å²) < 4.78 is 0. The van der Waals surface area contributed by atoms with Crippen LogP contribution in [0, 0.1) is 5.92 Å². The van der Waals surface area contributed by atoms with Gasteiger partial charge in [0.1, 0.15) is 0 Å². The lowest BCUT2D eigenvalue weighted by Crippen LogP contribution is -2.40. The predicted molar refractivity (Wildman–Crippen MR) is 110 cm³/mol. The number of guanidine groups is 1. The molecule has 6 heteroatoms. The standard InChI is InChI=1S/C18H28N4O.HI/c1-18(2,3)22-16(23)15-7-5-6-14(10-15)12-21-17(19-4)20-11-13-8-9-13;/h5-7,10,13H,8-9,11-12H2,1-4H3,(H,22,23)(H2,19,20,21);1H. The minimum absolute atomic E-state index is 0. The molecule has 0 heterocycles. The highest BCUT2D eigenvalue weighted by Crippen LogP contribution is 2.27. The molecule has 3 N–H and O–H groups in total. The number of hydrogen-bond donors (Lipinski definition) is 3. The Bertz CT molecular complexity index is 577. The minimum Gasteiger partial charge on any atom is -0.356 e. The van der Waals surface area contributed by atoms with Crippen molar-refractivity contribution in [1.82, 2.24) is 16.0 Å². The highest BCUT2D eigenvalue weighted by Gasteiger charge is 2.21. The Morgan fingerprint density at radius 3 is 2.54 bits per heavy atom. The summed E-state index contributed by atoms with van der Waals surface area (Å²) in [4.78, 5) is 16.4. The number of halogens is 1. The van der Waals surface area contributed by atoms with Crippen LogP contribution in [-0.2, 0) is 6.54 Å². The fraction of sp³-hybridized carbons (Fsp3) is 0.556. The molecule has 0 aliphatic heterocycles. The van der Waals surface area contributed by atoms with Crippen LogP contribution in [-0.4, -0.2) is 31.0 Å². The van der Waals surface area contributed by atoms with E-state index < -0.39 is 0 Å². The van der Waals surface area contributed by atoms with Gasteiger partial charge < -0.3 is 16.0 Å². The number of rotatable bonds is 5. The van der Waals surface area contributed by atoms with Crippen molar-refractivity contribution in [3.63, 3.8) is 0 Å². The lowest BCUT2D eigenvalue weighted by Gasteiger charge is -2.20. The molecule has 0 unspecified atom stereocenters. The maximum Gasteiger partial charge on any atom is 0.251 e. The molecule has 0 aromatic heterocycles. The SMILES string of the molecule is CN=C(NCc1cccc(C(=O)NC(C)(C)C)c1)NCC1CC1.I. The molecule has 24 heavy (non-hydrogen) atoms. The van der Waals surface area contributed by atoms with Crippen molar-refractivity contribution in [2.45, 2.75) is 45.7 Å². The molecule has 0 saturated heterocycles. The third-order valence-electron chi connectivity index (χ3n) is 3.62. The largest absolute Gasteiger partial charge is 0.356 e. The van der Waals surface area contributed by atoms with Crippen LogP contribution in [0.2, 0.25) is 0 Å². The van der Waals surface area contributed by atoms with Gasteiger partial charge in [0, 0.05) is 31.2 Å². The van der Waals surface area contributed by atoms with Crippen molar-refractivity contribution in [2.75, 3.05) is 13.6 Å². The van der Waals surface area contributed by atoms with Gasteiger partial charge in [0.2, 0.25) is 0 Å². The lowest BCUT2D eigenvalue weighted by molar-refractivity contribution is 0.0919. The van der Waals surface area contributed by atoms with Gasteiger partial charge in [-0.1, -0.05) is 12.1 Å². The van der Waals surface area contributed by atoms with E-state index in [1.165, 1.54) is 12.8 Å². The molecular formula is C18H29IN4O. The molecule has 1 aromatic rings. The van der Waals surface area contributed by atoms with Crippen LogP contribution in [0.5, 0.6) is 0 Å². The van der Waals surface area contributed by atoms with Gasteiger partial charge in [-0.25, -0.2) is 0 Å². The van der Waals surface area contributed by atoms with Gasteiger partial charge in [-0.15, -0.1) is 24.0 Å². The van der Waals surface area contributed by atoms with E-state index in [0.717, 1.165) is 24.0 Å². The second-order valence-corrected chi connectivity index (χ2v) is 7.15. The van der Waals surface area contributed by atoms with Crippen LogP contribution in [0.1, 0.15) is 49.5 Å². The molecule has 0 bridgehead atoms. The van der Waals surface area contributed by atoms with Gasteiger partial charge in [0.25, 0.3) is 5.91 Å². The van der Waals surface area contributed by atoms with Gasteiger partial charge in [-0.05, 0) is 57.2 Å². The Labute approximate surface area is 162 Å². The summed E-state index contributed by atoms with van der Waals surface area (Å²) in [6.45, 7) is 7.55. The molecule has 134 valence electrons. The van der Waals surface area contributed by atoms with Crippen LogP contribution in [0.25, 0.3) is 0 Å². The van der Waals surface area contributed by atoms with Gasteiger partial charge in [0.15, 0.2) is 5.96 Å². The van der Waals surface area contributed by atoms with E-state index in [1.54, 1.807) is 7.05 Å². The van der Waals surface area contributed by atoms with E-state index in [2.05, 4.69) is 20.9 Å². The van der Waals surface area contributed by atoms with E-state index in [-0.39, 0.29) is 35.4 Å². The first kappa shape index (κ1) is 20.7. The van der Waals surface area contributed by atoms with E-state index in [9.17, 15) is 4.79 Å².